The third-order valence-electron chi connectivity index (χ3n) is 4.59. The maximum Gasteiger partial charge on any atom is 0.254 e. The Hall–Kier alpha value is -1.44. The second-order valence-electron chi connectivity index (χ2n) is 6.35. The molecule has 3 saturated heterocycles. The number of carbonyl (C=O) groups excluding carboxylic acids is 1. The van der Waals surface area contributed by atoms with E-state index in [-0.39, 0.29) is 16.8 Å². The zero-order valence-electron chi connectivity index (χ0n) is 12.6. The van der Waals surface area contributed by atoms with Crippen LogP contribution in [-0.4, -0.2) is 56.8 Å². The van der Waals surface area contributed by atoms with Crippen LogP contribution in [0, 0.1) is 5.92 Å². The fraction of sp³-hybridized carbons (Fsp3) is 0.533. The smallest absolute Gasteiger partial charge is 0.254 e. The molecular formula is C15H21N3O3S. The zero-order chi connectivity index (χ0) is 15.9. The highest BCUT2D eigenvalue weighted by atomic mass is 32.2. The summed E-state index contributed by atoms with van der Waals surface area (Å²) in [6, 6.07) is 6.12. The number of fused-ring (bicyclic) bond motifs is 4. The molecule has 4 rings (SSSR count). The van der Waals surface area contributed by atoms with Gasteiger partial charge in [0.05, 0.1) is 4.90 Å². The number of sulfonamides is 1. The number of hydrogen-bond donors (Lipinski definition) is 1. The van der Waals surface area contributed by atoms with E-state index in [0.717, 1.165) is 26.1 Å². The fourth-order valence-corrected chi connectivity index (χ4v) is 4.03. The Bertz CT molecular complexity index is 672. The Balaban J connectivity index is 1.82. The minimum absolute atomic E-state index is 0.0223. The molecular weight excluding hydrogens is 302 g/mol. The van der Waals surface area contributed by atoms with Crippen molar-refractivity contribution in [2.75, 3.05) is 26.7 Å². The van der Waals surface area contributed by atoms with Gasteiger partial charge in [-0.1, -0.05) is 0 Å². The molecule has 1 aromatic carbocycles. The Morgan fingerprint density at radius 1 is 1.14 bits per heavy atom. The van der Waals surface area contributed by atoms with E-state index in [1.54, 1.807) is 12.1 Å². The van der Waals surface area contributed by atoms with Crippen molar-refractivity contribution in [3.63, 3.8) is 0 Å². The van der Waals surface area contributed by atoms with Crippen LogP contribution >= 0.6 is 0 Å². The molecule has 1 amide bonds. The number of likely N-dealkylation sites (N-methyl/N-ethyl adjacent to an activating group) is 1. The average Bonchev–Trinajstić information content (AvgIpc) is 2.74. The monoisotopic (exact) mass is 323 g/mol. The van der Waals surface area contributed by atoms with Gasteiger partial charge in [0.2, 0.25) is 10.0 Å². The SMILES string of the molecule is CN1C[C@H]2CC[C@@H](C1)N(C(=O)c1ccc(S(N)(=O)=O)cc1)C2. The first-order valence-electron chi connectivity index (χ1n) is 7.47. The summed E-state index contributed by atoms with van der Waals surface area (Å²) in [6.07, 6.45) is 2.21. The molecule has 0 radical (unpaired) electrons. The van der Waals surface area contributed by atoms with Crippen molar-refractivity contribution in [1.29, 1.82) is 0 Å². The molecule has 3 aliphatic heterocycles. The van der Waals surface area contributed by atoms with Crippen LogP contribution in [0.1, 0.15) is 23.2 Å². The lowest BCUT2D eigenvalue weighted by Crippen LogP contribution is -2.47. The lowest BCUT2D eigenvalue weighted by atomic mass is 9.94. The number of nitrogens with zero attached hydrogens (tertiary/aromatic N) is 2. The van der Waals surface area contributed by atoms with Gasteiger partial charge in [-0.05, 0) is 50.1 Å². The van der Waals surface area contributed by atoms with E-state index in [0.29, 0.717) is 11.5 Å². The second-order valence-corrected chi connectivity index (χ2v) is 7.91. The van der Waals surface area contributed by atoms with E-state index < -0.39 is 10.0 Å². The van der Waals surface area contributed by atoms with E-state index >= 15 is 0 Å². The Morgan fingerprint density at radius 2 is 1.82 bits per heavy atom. The van der Waals surface area contributed by atoms with Crippen molar-refractivity contribution >= 4 is 15.9 Å². The molecule has 0 aromatic heterocycles. The van der Waals surface area contributed by atoms with Crippen molar-refractivity contribution in [3.8, 4) is 0 Å². The van der Waals surface area contributed by atoms with Crippen molar-refractivity contribution in [3.05, 3.63) is 29.8 Å². The van der Waals surface area contributed by atoms with E-state index in [9.17, 15) is 13.2 Å². The summed E-state index contributed by atoms with van der Waals surface area (Å²) in [4.78, 5) is 17.0. The molecule has 7 heteroatoms. The van der Waals surface area contributed by atoms with Gasteiger partial charge < -0.3 is 9.80 Å². The van der Waals surface area contributed by atoms with E-state index in [1.165, 1.54) is 18.6 Å². The predicted octanol–water partition coefficient (Wildman–Crippen LogP) is 0.500. The van der Waals surface area contributed by atoms with Gasteiger partial charge in [0.15, 0.2) is 0 Å². The largest absolute Gasteiger partial charge is 0.334 e. The Morgan fingerprint density at radius 3 is 2.45 bits per heavy atom. The predicted molar refractivity (Wildman–Crippen MR) is 82.9 cm³/mol. The van der Waals surface area contributed by atoms with Crippen LogP contribution in [0.5, 0.6) is 0 Å². The van der Waals surface area contributed by atoms with Gasteiger partial charge in [0.25, 0.3) is 5.91 Å². The molecule has 0 aliphatic carbocycles. The number of amides is 1. The highest BCUT2D eigenvalue weighted by Gasteiger charge is 2.36. The van der Waals surface area contributed by atoms with Gasteiger partial charge in [-0.25, -0.2) is 13.6 Å². The van der Waals surface area contributed by atoms with Crippen LogP contribution in [0.4, 0.5) is 0 Å². The number of hydrogen-bond acceptors (Lipinski definition) is 4. The highest BCUT2D eigenvalue weighted by molar-refractivity contribution is 7.89. The molecule has 120 valence electrons. The fourth-order valence-electron chi connectivity index (χ4n) is 3.52. The van der Waals surface area contributed by atoms with Gasteiger partial charge in [-0.15, -0.1) is 0 Å². The van der Waals surface area contributed by atoms with Crippen molar-refractivity contribution < 1.29 is 13.2 Å². The lowest BCUT2D eigenvalue weighted by Gasteiger charge is -2.36. The molecule has 0 saturated carbocycles. The molecule has 3 aliphatic rings. The molecule has 6 nitrogen and oxygen atoms in total. The highest BCUT2D eigenvalue weighted by Crippen LogP contribution is 2.28. The van der Waals surface area contributed by atoms with E-state index in [1.807, 2.05) is 4.90 Å². The molecule has 2 atom stereocenters. The van der Waals surface area contributed by atoms with Gasteiger partial charge in [-0.2, -0.15) is 0 Å². The maximum absolute atomic E-state index is 12.7. The first kappa shape index (κ1) is 15.5. The number of nitrogens with two attached hydrogens (primary N) is 1. The van der Waals surface area contributed by atoms with Crippen LogP contribution < -0.4 is 5.14 Å². The van der Waals surface area contributed by atoms with Crippen molar-refractivity contribution in [2.24, 2.45) is 11.1 Å². The summed E-state index contributed by atoms with van der Waals surface area (Å²) in [7, 11) is -1.63. The quantitative estimate of drug-likeness (QED) is 0.859. The third kappa shape index (κ3) is 3.02. The molecule has 3 heterocycles. The topological polar surface area (TPSA) is 83.7 Å². The molecule has 22 heavy (non-hydrogen) atoms. The first-order chi connectivity index (χ1) is 10.3. The summed E-state index contributed by atoms with van der Waals surface area (Å²) in [5.41, 5.74) is 0.516. The summed E-state index contributed by atoms with van der Waals surface area (Å²) < 4.78 is 22.6. The van der Waals surface area contributed by atoms with Crippen LogP contribution in [0.3, 0.4) is 0 Å². The molecule has 2 N–H and O–H groups in total. The lowest BCUT2D eigenvalue weighted by molar-refractivity contribution is 0.0587. The van der Waals surface area contributed by atoms with Crippen LogP contribution in [0.15, 0.2) is 29.2 Å². The Labute approximate surface area is 130 Å². The summed E-state index contributed by atoms with van der Waals surface area (Å²) in [5, 5.41) is 5.08. The number of primary sulfonamides is 1. The van der Waals surface area contributed by atoms with E-state index in [2.05, 4.69) is 11.9 Å². The third-order valence-corrected chi connectivity index (χ3v) is 5.52. The minimum Gasteiger partial charge on any atom is -0.334 e. The van der Waals surface area contributed by atoms with E-state index in [4.69, 9.17) is 5.14 Å². The van der Waals surface area contributed by atoms with Crippen LogP contribution in [0.25, 0.3) is 0 Å². The zero-order valence-corrected chi connectivity index (χ0v) is 13.4. The van der Waals surface area contributed by atoms with Crippen LogP contribution in [0.2, 0.25) is 0 Å². The molecule has 0 unspecified atom stereocenters. The maximum atomic E-state index is 12.7. The number of benzene rings is 1. The first-order valence-corrected chi connectivity index (χ1v) is 9.01. The van der Waals surface area contributed by atoms with Gasteiger partial charge in [0, 0.05) is 31.2 Å². The number of piperidine rings is 1. The molecule has 0 spiro atoms. The van der Waals surface area contributed by atoms with Crippen LogP contribution in [-0.2, 0) is 10.0 Å². The summed E-state index contributed by atoms with van der Waals surface area (Å²) >= 11 is 0. The van der Waals surface area contributed by atoms with Gasteiger partial charge >= 0.3 is 0 Å². The summed E-state index contributed by atoms with van der Waals surface area (Å²) in [6.45, 7) is 2.72. The normalized spacial score (nSPS) is 26.0. The molecule has 3 fully saturated rings. The van der Waals surface area contributed by atoms with Crippen molar-refractivity contribution in [1.82, 2.24) is 9.80 Å². The minimum atomic E-state index is -3.72. The number of rotatable bonds is 2. The standard InChI is InChI=1S/C15H21N3O3S/c1-17-8-11-2-5-13(10-17)18(9-11)15(19)12-3-6-14(7-4-12)22(16,20)21/h3-4,6-7,11,13H,2,5,8-10H2,1H3,(H2,16,20,21)/t11-,13+/m1/s1. The van der Waals surface area contributed by atoms with Gasteiger partial charge in [-0.3, -0.25) is 4.79 Å². The second kappa shape index (κ2) is 5.64. The Kier molecular flexibility index (Phi) is 3.96. The average molecular weight is 323 g/mol. The summed E-state index contributed by atoms with van der Waals surface area (Å²) in [5.74, 6) is 0.502. The van der Waals surface area contributed by atoms with Gasteiger partial charge in [0.1, 0.15) is 0 Å². The molecule has 1 aromatic rings. The molecule has 2 bridgehead atoms. The number of carbonyl (C=O) groups is 1. The van der Waals surface area contributed by atoms with Crippen molar-refractivity contribution in [2.45, 2.75) is 23.8 Å².